The van der Waals surface area contributed by atoms with Gasteiger partial charge in [-0.25, -0.2) is 8.78 Å². The van der Waals surface area contributed by atoms with Crippen LogP contribution in [-0.2, 0) is 9.53 Å². The Morgan fingerprint density at radius 2 is 2.29 bits per heavy atom. The summed E-state index contributed by atoms with van der Waals surface area (Å²) in [4.78, 5) is 12.5. The van der Waals surface area contributed by atoms with Crippen molar-refractivity contribution in [1.29, 1.82) is 0 Å². The van der Waals surface area contributed by atoms with E-state index < -0.39 is 17.8 Å². The summed E-state index contributed by atoms with van der Waals surface area (Å²) >= 11 is 0. The van der Waals surface area contributed by atoms with Crippen molar-refractivity contribution in [2.24, 2.45) is 5.92 Å². The molecule has 1 unspecified atom stereocenters. The van der Waals surface area contributed by atoms with Crippen LogP contribution in [0, 0.1) is 5.92 Å². The van der Waals surface area contributed by atoms with Gasteiger partial charge in [0.05, 0.1) is 20.1 Å². The van der Waals surface area contributed by atoms with E-state index in [0.717, 1.165) is 0 Å². The van der Waals surface area contributed by atoms with Gasteiger partial charge in [0.1, 0.15) is 0 Å². The summed E-state index contributed by atoms with van der Waals surface area (Å²) in [6, 6.07) is 0. The van der Waals surface area contributed by atoms with Gasteiger partial charge in [-0.2, -0.15) is 0 Å². The Labute approximate surface area is 82.0 Å². The van der Waals surface area contributed by atoms with Crippen LogP contribution in [0.4, 0.5) is 8.78 Å². The summed E-state index contributed by atoms with van der Waals surface area (Å²) in [5.74, 6) is -4.20. The number of alkyl halides is 2. The van der Waals surface area contributed by atoms with E-state index in [1.165, 1.54) is 7.11 Å². The minimum absolute atomic E-state index is 0.183. The molecule has 0 radical (unpaired) electrons. The van der Waals surface area contributed by atoms with Crippen LogP contribution < -0.4 is 0 Å². The third-order valence-electron chi connectivity index (χ3n) is 2.58. The molecule has 1 saturated heterocycles. The highest BCUT2D eigenvalue weighted by Crippen LogP contribution is 2.34. The molecule has 0 aromatic carbocycles. The highest BCUT2D eigenvalue weighted by atomic mass is 19.3. The van der Waals surface area contributed by atoms with Crippen LogP contribution in [0.1, 0.15) is 12.8 Å². The number of halogens is 2. The van der Waals surface area contributed by atoms with Crippen molar-refractivity contribution in [3.05, 3.63) is 0 Å². The van der Waals surface area contributed by atoms with Crippen molar-refractivity contribution in [2.45, 2.75) is 18.8 Å². The van der Waals surface area contributed by atoms with E-state index in [0.29, 0.717) is 13.0 Å². The number of likely N-dealkylation sites (tertiary alicyclic amines) is 1. The third-order valence-corrected chi connectivity index (χ3v) is 2.58. The van der Waals surface area contributed by atoms with Gasteiger partial charge in [-0.3, -0.25) is 4.79 Å². The Hall–Kier alpha value is -0.710. The first kappa shape index (κ1) is 11.4. The number of carbonyl (C=O) groups excluding carboxylic acids is 1. The summed E-state index contributed by atoms with van der Waals surface area (Å²) < 4.78 is 31.1. The van der Waals surface area contributed by atoms with E-state index in [1.807, 2.05) is 0 Å². The topological polar surface area (TPSA) is 29.5 Å². The predicted octanol–water partition coefficient (Wildman–Crippen LogP) is 1.14. The second kappa shape index (κ2) is 4.21. The van der Waals surface area contributed by atoms with Crippen molar-refractivity contribution < 1.29 is 18.3 Å². The molecule has 3 nitrogen and oxygen atoms in total. The maximum absolute atomic E-state index is 13.4. The summed E-state index contributed by atoms with van der Waals surface area (Å²) in [5, 5.41) is 0. The number of hydrogen-bond donors (Lipinski definition) is 0. The van der Waals surface area contributed by atoms with Gasteiger partial charge >= 0.3 is 5.97 Å². The van der Waals surface area contributed by atoms with Crippen molar-refractivity contribution >= 4 is 5.97 Å². The van der Waals surface area contributed by atoms with E-state index in [2.05, 4.69) is 4.74 Å². The summed E-state index contributed by atoms with van der Waals surface area (Å²) in [7, 11) is 2.87. The van der Waals surface area contributed by atoms with Gasteiger partial charge in [-0.1, -0.05) is 0 Å². The molecule has 0 spiro atoms. The van der Waals surface area contributed by atoms with E-state index in [9.17, 15) is 13.6 Å². The average Bonchev–Trinajstić information content (AvgIpc) is 2.08. The largest absolute Gasteiger partial charge is 0.469 e. The van der Waals surface area contributed by atoms with Crippen LogP contribution in [-0.4, -0.2) is 44.0 Å². The van der Waals surface area contributed by atoms with Crippen LogP contribution in [0.5, 0.6) is 0 Å². The normalized spacial score (nSPS) is 27.3. The Morgan fingerprint density at radius 1 is 1.64 bits per heavy atom. The van der Waals surface area contributed by atoms with Gasteiger partial charge < -0.3 is 9.64 Å². The van der Waals surface area contributed by atoms with Crippen LogP contribution in [0.2, 0.25) is 0 Å². The summed E-state index contributed by atoms with van der Waals surface area (Å²) in [6.07, 6.45) is 0.163. The minimum Gasteiger partial charge on any atom is -0.469 e. The highest BCUT2D eigenvalue weighted by molar-refractivity contribution is 5.69. The Balaban J connectivity index is 2.56. The van der Waals surface area contributed by atoms with E-state index in [-0.39, 0.29) is 13.0 Å². The summed E-state index contributed by atoms with van der Waals surface area (Å²) in [6.45, 7) is 0.339. The van der Waals surface area contributed by atoms with Crippen molar-refractivity contribution in [2.75, 3.05) is 27.2 Å². The molecular formula is C9H15F2NO2. The molecule has 0 aliphatic carbocycles. The zero-order valence-corrected chi connectivity index (χ0v) is 8.43. The fourth-order valence-electron chi connectivity index (χ4n) is 1.69. The zero-order valence-electron chi connectivity index (χ0n) is 8.43. The minimum atomic E-state index is -2.78. The Bertz CT molecular complexity index is 221. The maximum Gasteiger partial charge on any atom is 0.306 e. The molecule has 5 heteroatoms. The third kappa shape index (κ3) is 2.64. The fraction of sp³-hybridized carbons (Fsp3) is 0.889. The van der Waals surface area contributed by atoms with Crippen molar-refractivity contribution in [3.63, 3.8) is 0 Å². The van der Waals surface area contributed by atoms with Gasteiger partial charge in [-0.15, -0.1) is 0 Å². The average molecular weight is 207 g/mol. The number of esters is 1. The number of ether oxygens (including phenoxy) is 1. The van der Waals surface area contributed by atoms with E-state index in [1.54, 1.807) is 11.9 Å². The molecule has 1 fully saturated rings. The van der Waals surface area contributed by atoms with Crippen molar-refractivity contribution in [3.8, 4) is 0 Å². The van der Waals surface area contributed by atoms with Crippen LogP contribution in [0.3, 0.4) is 0 Å². The molecule has 0 amide bonds. The maximum atomic E-state index is 13.4. The SMILES string of the molecule is COC(=O)CC1CCN(C)CC1(F)F. The molecule has 0 N–H and O–H groups in total. The van der Waals surface area contributed by atoms with Crippen molar-refractivity contribution in [1.82, 2.24) is 4.90 Å². The fourth-order valence-corrected chi connectivity index (χ4v) is 1.69. The smallest absolute Gasteiger partial charge is 0.306 e. The molecule has 0 saturated carbocycles. The number of rotatable bonds is 2. The molecule has 1 heterocycles. The van der Waals surface area contributed by atoms with Gasteiger partial charge in [0.15, 0.2) is 0 Å². The lowest BCUT2D eigenvalue weighted by Gasteiger charge is -2.35. The monoisotopic (exact) mass is 207 g/mol. The zero-order chi connectivity index (χ0) is 10.8. The number of carbonyl (C=O) groups is 1. The lowest BCUT2D eigenvalue weighted by Crippen LogP contribution is -2.47. The van der Waals surface area contributed by atoms with Gasteiger partial charge in [0.25, 0.3) is 5.92 Å². The highest BCUT2D eigenvalue weighted by Gasteiger charge is 2.44. The molecule has 0 aromatic heterocycles. The Kier molecular flexibility index (Phi) is 3.42. The second-order valence-electron chi connectivity index (χ2n) is 3.76. The molecule has 1 atom stereocenters. The molecule has 14 heavy (non-hydrogen) atoms. The number of nitrogens with zero attached hydrogens (tertiary/aromatic N) is 1. The second-order valence-corrected chi connectivity index (χ2v) is 3.76. The lowest BCUT2D eigenvalue weighted by atomic mass is 9.90. The Morgan fingerprint density at radius 3 is 2.79 bits per heavy atom. The molecule has 1 aliphatic rings. The number of methoxy groups -OCH3 is 1. The van der Waals surface area contributed by atoms with Crippen LogP contribution >= 0.6 is 0 Å². The van der Waals surface area contributed by atoms with Crippen LogP contribution in [0.25, 0.3) is 0 Å². The molecule has 0 bridgehead atoms. The standard InChI is InChI=1S/C9H15F2NO2/c1-12-4-3-7(5-8(13)14-2)9(10,11)6-12/h7H,3-6H2,1-2H3. The van der Waals surface area contributed by atoms with Gasteiger partial charge in [0, 0.05) is 5.92 Å². The van der Waals surface area contributed by atoms with E-state index in [4.69, 9.17) is 0 Å². The quantitative estimate of drug-likeness (QED) is 0.636. The molecule has 0 aromatic rings. The van der Waals surface area contributed by atoms with E-state index >= 15 is 0 Å². The van der Waals surface area contributed by atoms with Gasteiger partial charge in [0.2, 0.25) is 0 Å². The van der Waals surface area contributed by atoms with Crippen LogP contribution in [0.15, 0.2) is 0 Å². The molecule has 1 aliphatic heterocycles. The lowest BCUT2D eigenvalue weighted by molar-refractivity contribution is -0.151. The first-order chi connectivity index (χ1) is 6.45. The van der Waals surface area contributed by atoms with Gasteiger partial charge in [-0.05, 0) is 20.0 Å². The first-order valence-electron chi connectivity index (χ1n) is 4.59. The number of hydrogen-bond acceptors (Lipinski definition) is 3. The molecular weight excluding hydrogens is 192 g/mol. The predicted molar refractivity (Wildman–Crippen MR) is 47.2 cm³/mol. The first-order valence-corrected chi connectivity index (χ1v) is 4.59. The summed E-state index contributed by atoms with van der Waals surface area (Å²) in [5.41, 5.74) is 0. The number of piperidine rings is 1. The molecule has 82 valence electrons. The molecule has 1 rings (SSSR count).